The topological polar surface area (TPSA) is 140 Å². The Morgan fingerprint density at radius 1 is 0.952 bits per heavy atom. The lowest BCUT2D eigenvalue weighted by atomic mass is 9.68. The zero-order valence-corrected chi connectivity index (χ0v) is 24.7. The Balaban J connectivity index is 1.36. The molecule has 4 fully saturated rings. The van der Waals surface area contributed by atoms with Crippen LogP contribution < -0.4 is 11.3 Å². The molecule has 2 unspecified atom stereocenters. The van der Waals surface area contributed by atoms with Crippen LogP contribution in [-0.2, 0) is 14.4 Å². The fraction of sp³-hybridized carbons (Fsp3) is 0.656. The van der Waals surface area contributed by atoms with Crippen molar-refractivity contribution in [3.05, 3.63) is 40.3 Å². The number of benzene rings is 1. The Morgan fingerprint density at radius 2 is 1.60 bits per heavy atom. The summed E-state index contributed by atoms with van der Waals surface area (Å²) in [5, 5.41) is 13.9. The largest absolute Gasteiger partial charge is 0.476 e. The molecule has 1 aromatic heterocycles. The molecule has 2 saturated heterocycles. The minimum absolute atomic E-state index is 0.0798. The van der Waals surface area contributed by atoms with Crippen molar-refractivity contribution in [2.24, 2.45) is 28.6 Å². The van der Waals surface area contributed by atoms with E-state index in [0.717, 1.165) is 37.5 Å². The van der Waals surface area contributed by atoms with E-state index in [4.69, 9.17) is 10.6 Å². The Labute approximate surface area is 246 Å². The molecule has 2 aliphatic carbocycles. The van der Waals surface area contributed by atoms with Crippen molar-refractivity contribution in [3.63, 3.8) is 0 Å². The third-order valence-electron chi connectivity index (χ3n) is 10.3. The molecular weight excluding hydrogens is 534 g/mol. The molecule has 3 N–H and O–H groups in total. The number of fused-ring (bicyclic) bond motifs is 5. The molecule has 10 heteroatoms. The zero-order valence-electron chi connectivity index (χ0n) is 24.7. The number of carbonyl (C=O) groups is 2. The highest BCUT2D eigenvalue weighted by Gasteiger charge is 2.45. The van der Waals surface area contributed by atoms with Gasteiger partial charge >= 0.3 is 5.97 Å². The van der Waals surface area contributed by atoms with Crippen LogP contribution in [0.15, 0.2) is 34.2 Å². The number of nitrogens with two attached hydrogens (primary N) is 1. The molecule has 2 aliphatic heterocycles. The van der Waals surface area contributed by atoms with Crippen molar-refractivity contribution < 1.29 is 19.5 Å². The van der Waals surface area contributed by atoms with Gasteiger partial charge in [0.2, 0.25) is 11.8 Å². The fourth-order valence-corrected chi connectivity index (χ4v) is 8.60. The number of para-hydroxylation sites is 2. The quantitative estimate of drug-likeness (QED) is 0.353. The van der Waals surface area contributed by atoms with Crippen LogP contribution in [0.5, 0.6) is 0 Å². The molecule has 42 heavy (non-hydrogen) atoms. The Bertz CT molecular complexity index is 1410. The average molecular weight is 578 g/mol. The van der Waals surface area contributed by atoms with Gasteiger partial charge in [-0.2, -0.15) is 0 Å². The number of hydrogen-bond donors (Lipinski definition) is 2. The predicted molar refractivity (Wildman–Crippen MR) is 159 cm³/mol. The van der Waals surface area contributed by atoms with E-state index in [9.17, 15) is 19.5 Å². The zero-order chi connectivity index (χ0) is 29.5. The summed E-state index contributed by atoms with van der Waals surface area (Å²) in [7, 11) is 0. The van der Waals surface area contributed by atoms with Crippen molar-refractivity contribution in [2.45, 2.75) is 115 Å². The number of primary amides is 1. The molecule has 0 spiro atoms. The Morgan fingerprint density at radius 3 is 2.21 bits per heavy atom. The van der Waals surface area contributed by atoms with Crippen LogP contribution in [0.25, 0.3) is 11.0 Å². The third kappa shape index (κ3) is 5.45. The summed E-state index contributed by atoms with van der Waals surface area (Å²) >= 11 is 0. The second-order valence-electron chi connectivity index (χ2n) is 13.4. The van der Waals surface area contributed by atoms with Gasteiger partial charge in [0.1, 0.15) is 0 Å². The standard InChI is InChI=1S/C32H43N5O5/c1-18(2)29(30(33)38)42-35-28(32(40)41)27-31(39)37(26-12-4-3-11-25(26)34-27)24-16-21-9-6-10-22(17-24)36(21)23-14-19-7-5-8-20(13-19)15-23/h3-4,11-12,18-24,29H,5-10,13-17H2,1-2H3,(H2,33,38)(H,40,41)/b35-28-/t19-,20+,21-,22+,23?,24+,29?. The first-order valence-corrected chi connectivity index (χ1v) is 15.8. The first-order valence-electron chi connectivity index (χ1n) is 15.8. The highest BCUT2D eigenvalue weighted by molar-refractivity contribution is 6.41. The number of nitrogens with zero attached hydrogens (tertiary/aromatic N) is 4. The lowest BCUT2D eigenvalue weighted by Gasteiger charge is -2.55. The van der Waals surface area contributed by atoms with E-state index in [1.165, 1.54) is 44.9 Å². The van der Waals surface area contributed by atoms with Crippen molar-refractivity contribution in [3.8, 4) is 0 Å². The fourth-order valence-electron chi connectivity index (χ4n) is 8.60. The maximum Gasteiger partial charge on any atom is 0.360 e. The van der Waals surface area contributed by atoms with E-state index in [1.807, 2.05) is 18.2 Å². The molecule has 2 aromatic rings. The highest BCUT2D eigenvalue weighted by atomic mass is 16.6. The molecule has 0 radical (unpaired) electrons. The van der Waals surface area contributed by atoms with Gasteiger partial charge in [-0.25, -0.2) is 9.78 Å². The molecule has 10 nitrogen and oxygen atoms in total. The summed E-state index contributed by atoms with van der Waals surface area (Å²) < 4.78 is 1.77. The van der Waals surface area contributed by atoms with E-state index in [2.05, 4.69) is 15.0 Å². The van der Waals surface area contributed by atoms with E-state index < -0.39 is 29.3 Å². The van der Waals surface area contributed by atoms with E-state index in [1.54, 1.807) is 24.5 Å². The van der Waals surface area contributed by atoms with Gasteiger partial charge in [-0.1, -0.05) is 56.8 Å². The molecule has 4 aliphatic rings. The molecule has 2 saturated carbocycles. The van der Waals surface area contributed by atoms with Crippen molar-refractivity contribution in [1.29, 1.82) is 0 Å². The number of hydrogen-bond acceptors (Lipinski definition) is 7. The van der Waals surface area contributed by atoms with Crippen LogP contribution in [0.3, 0.4) is 0 Å². The molecule has 4 bridgehead atoms. The molecule has 226 valence electrons. The molecule has 6 rings (SSSR count). The molecule has 3 heterocycles. The van der Waals surface area contributed by atoms with Gasteiger partial charge in [0.15, 0.2) is 5.69 Å². The normalized spacial score (nSPS) is 30.7. The number of oxime groups is 1. The number of aromatic nitrogens is 2. The van der Waals surface area contributed by atoms with Crippen LogP contribution in [0.1, 0.15) is 96.2 Å². The molecule has 1 aromatic carbocycles. The summed E-state index contributed by atoms with van der Waals surface area (Å²) in [5.41, 5.74) is 5.23. The average Bonchev–Trinajstić information content (AvgIpc) is 2.94. The van der Waals surface area contributed by atoms with Gasteiger partial charge in [0.25, 0.3) is 11.5 Å². The van der Waals surface area contributed by atoms with E-state index in [0.29, 0.717) is 29.2 Å². The SMILES string of the molecule is CC(C)C(O/N=C(\C(=O)O)c1nc2ccccc2n([C@H]2C[C@H]3CCC[C@@H](C2)N3C2C[C@H]3CCC[C@@H](C2)C3)c1=O)C(N)=O. The number of piperidine rings is 2. The van der Waals surface area contributed by atoms with Crippen LogP contribution >= 0.6 is 0 Å². The maximum atomic E-state index is 14.2. The molecule has 1 amide bonds. The monoisotopic (exact) mass is 577 g/mol. The van der Waals surface area contributed by atoms with Gasteiger partial charge < -0.3 is 20.2 Å². The first-order chi connectivity index (χ1) is 20.2. The minimum Gasteiger partial charge on any atom is -0.476 e. The van der Waals surface area contributed by atoms with E-state index in [-0.39, 0.29) is 17.7 Å². The number of carboxylic acids is 1. The summed E-state index contributed by atoms with van der Waals surface area (Å²) in [6, 6.07) is 8.74. The summed E-state index contributed by atoms with van der Waals surface area (Å²) in [6.45, 7) is 3.44. The van der Waals surface area contributed by atoms with E-state index >= 15 is 0 Å². The van der Waals surface area contributed by atoms with Crippen molar-refractivity contribution in [2.75, 3.05) is 0 Å². The number of aliphatic carboxylic acids is 1. The van der Waals surface area contributed by atoms with Gasteiger partial charge in [-0.3, -0.25) is 14.5 Å². The van der Waals surface area contributed by atoms with Crippen LogP contribution in [-0.4, -0.2) is 61.4 Å². The number of amides is 1. The highest BCUT2D eigenvalue weighted by Crippen LogP contribution is 2.47. The molecular formula is C32H43N5O5. The third-order valence-corrected chi connectivity index (χ3v) is 10.3. The van der Waals surface area contributed by atoms with Crippen molar-refractivity contribution in [1.82, 2.24) is 14.5 Å². The second-order valence-corrected chi connectivity index (χ2v) is 13.4. The number of carboxylic acid groups (broad SMARTS) is 1. The van der Waals surface area contributed by atoms with Gasteiger partial charge in [-0.15, -0.1) is 0 Å². The lowest BCUT2D eigenvalue weighted by molar-refractivity contribution is -0.134. The minimum atomic E-state index is -1.46. The maximum absolute atomic E-state index is 14.2. The van der Waals surface area contributed by atoms with Crippen LogP contribution in [0.2, 0.25) is 0 Å². The summed E-state index contributed by atoms with van der Waals surface area (Å²) in [5.74, 6) is -0.840. The van der Waals surface area contributed by atoms with Gasteiger partial charge in [0.05, 0.1) is 11.0 Å². The number of rotatable bonds is 8. The van der Waals surface area contributed by atoms with Gasteiger partial charge in [-0.05, 0) is 68.9 Å². The first kappa shape index (κ1) is 28.8. The smallest absolute Gasteiger partial charge is 0.360 e. The Hall–Kier alpha value is -3.27. The van der Waals surface area contributed by atoms with Crippen molar-refractivity contribution >= 4 is 28.6 Å². The Kier molecular flexibility index (Phi) is 8.09. The summed E-state index contributed by atoms with van der Waals surface area (Å²) in [6.07, 6.45) is 12.2. The number of carbonyl (C=O) groups excluding carboxylic acids is 1. The predicted octanol–water partition coefficient (Wildman–Crippen LogP) is 4.24. The summed E-state index contributed by atoms with van der Waals surface area (Å²) in [4.78, 5) is 51.0. The van der Waals surface area contributed by atoms with Crippen LogP contribution in [0.4, 0.5) is 0 Å². The van der Waals surface area contributed by atoms with Gasteiger partial charge in [0, 0.05) is 30.1 Å². The molecule has 7 atom stereocenters. The van der Waals surface area contributed by atoms with Crippen LogP contribution in [0, 0.1) is 17.8 Å². The lowest BCUT2D eigenvalue weighted by Crippen LogP contribution is -2.58. The second kappa shape index (κ2) is 11.8.